The Labute approximate surface area is 101 Å². The fourth-order valence-corrected chi connectivity index (χ4v) is 3.11. The smallest absolute Gasteiger partial charge is 0.0195 e. The average molecular weight is 224 g/mol. The van der Waals surface area contributed by atoms with Gasteiger partial charge in [-0.3, -0.25) is 0 Å². The second kappa shape index (κ2) is 5.50. The molecule has 0 bridgehead atoms. The molecule has 2 nitrogen and oxygen atoms in total. The van der Waals surface area contributed by atoms with Gasteiger partial charge in [-0.2, -0.15) is 0 Å². The van der Waals surface area contributed by atoms with Gasteiger partial charge in [-0.25, -0.2) is 0 Å². The van der Waals surface area contributed by atoms with E-state index in [0.717, 1.165) is 23.9 Å². The molecule has 0 radical (unpaired) electrons. The zero-order valence-corrected chi connectivity index (χ0v) is 11.2. The molecule has 1 aliphatic heterocycles. The second-order valence-corrected chi connectivity index (χ2v) is 6.22. The Bertz CT molecular complexity index is 203. The first-order chi connectivity index (χ1) is 7.66. The van der Waals surface area contributed by atoms with Crippen molar-refractivity contribution in [3.63, 3.8) is 0 Å². The SMILES string of the molecule is CC(C)C1CC(N(C)CC2CCCCN2)C1. The third-order valence-corrected chi connectivity index (χ3v) is 4.64. The van der Waals surface area contributed by atoms with Gasteiger partial charge < -0.3 is 10.2 Å². The topological polar surface area (TPSA) is 15.3 Å². The van der Waals surface area contributed by atoms with Crippen LogP contribution in [0.4, 0.5) is 0 Å². The molecule has 0 aromatic rings. The molecule has 1 heterocycles. The lowest BCUT2D eigenvalue weighted by molar-refractivity contribution is 0.0653. The Balaban J connectivity index is 1.67. The molecular weight excluding hydrogens is 196 g/mol. The monoisotopic (exact) mass is 224 g/mol. The van der Waals surface area contributed by atoms with E-state index in [9.17, 15) is 0 Å². The molecule has 1 atom stereocenters. The number of hydrogen-bond donors (Lipinski definition) is 1. The van der Waals surface area contributed by atoms with Crippen molar-refractivity contribution in [2.45, 2.75) is 58.0 Å². The summed E-state index contributed by atoms with van der Waals surface area (Å²) in [7, 11) is 2.32. The van der Waals surface area contributed by atoms with Gasteiger partial charge in [0.05, 0.1) is 0 Å². The normalized spacial score (nSPS) is 35.4. The number of hydrogen-bond acceptors (Lipinski definition) is 2. The molecule has 2 rings (SSSR count). The first kappa shape index (κ1) is 12.4. The summed E-state index contributed by atoms with van der Waals surface area (Å²) in [4.78, 5) is 2.60. The van der Waals surface area contributed by atoms with E-state index in [-0.39, 0.29) is 0 Å². The quantitative estimate of drug-likeness (QED) is 0.789. The molecule has 2 fully saturated rings. The van der Waals surface area contributed by atoms with Crippen LogP contribution in [0.1, 0.15) is 46.0 Å². The van der Waals surface area contributed by atoms with Crippen LogP contribution in [0.5, 0.6) is 0 Å². The predicted molar refractivity (Wildman–Crippen MR) is 69.6 cm³/mol. The molecule has 94 valence electrons. The van der Waals surface area contributed by atoms with Gasteiger partial charge in [0.15, 0.2) is 0 Å². The van der Waals surface area contributed by atoms with Gasteiger partial charge in [0.2, 0.25) is 0 Å². The van der Waals surface area contributed by atoms with E-state index >= 15 is 0 Å². The average Bonchev–Trinajstić information content (AvgIpc) is 2.15. The zero-order chi connectivity index (χ0) is 11.5. The van der Waals surface area contributed by atoms with Gasteiger partial charge >= 0.3 is 0 Å². The lowest BCUT2D eigenvalue weighted by Gasteiger charge is -2.44. The first-order valence-electron chi connectivity index (χ1n) is 7.10. The minimum atomic E-state index is 0.761. The van der Waals surface area contributed by atoms with E-state index < -0.39 is 0 Å². The van der Waals surface area contributed by atoms with Crippen LogP contribution in [0.15, 0.2) is 0 Å². The Hall–Kier alpha value is -0.0800. The van der Waals surface area contributed by atoms with Crippen LogP contribution >= 0.6 is 0 Å². The van der Waals surface area contributed by atoms with E-state index in [1.807, 2.05) is 0 Å². The molecule has 1 saturated heterocycles. The molecule has 0 aromatic carbocycles. The van der Waals surface area contributed by atoms with Gasteiger partial charge in [-0.15, -0.1) is 0 Å². The first-order valence-corrected chi connectivity index (χ1v) is 7.10. The van der Waals surface area contributed by atoms with Crippen LogP contribution in [-0.4, -0.2) is 37.1 Å². The molecule has 0 spiro atoms. The largest absolute Gasteiger partial charge is 0.313 e. The lowest BCUT2D eigenvalue weighted by Crippen LogP contribution is -2.50. The van der Waals surface area contributed by atoms with Gasteiger partial charge in [0.25, 0.3) is 0 Å². The Morgan fingerprint density at radius 3 is 2.56 bits per heavy atom. The second-order valence-electron chi connectivity index (χ2n) is 6.22. The van der Waals surface area contributed by atoms with Crippen molar-refractivity contribution in [2.75, 3.05) is 20.1 Å². The Morgan fingerprint density at radius 1 is 1.25 bits per heavy atom. The summed E-state index contributed by atoms with van der Waals surface area (Å²) in [5.41, 5.74) is 0. The van der Waals surface area contributed by atoms with Gasteiger partial charge in [0, 0.05) is 18.6 Å². The number of nitrogens with zero attached hydrogens (tertiary/aromatic N) is 1. The molecule has 1 saturated carbocycles. The number of piperidine rings is 1. The molecule has 1 aliphatic carbocycles. The summed E-state index contributed by atoms with van der Waals surface area (Å²) in [6.45, 7) is 7.22. The lowest BCUT2D eigenvalue weighted by atomic mass is 9.73. The van der Waals surface area contributed by atoms with Crippen molar-refractivity contribution in [1.82, 2.24) is 10.2 Å². The molecular formula is C14H28N2. The van der Waals surface area contributed by atoms with Crippen molar-refractivity contribution >= 4 is 0 Å². The molecule has 0 aromatic heterocycles. The van der Waals surface area contributed by atoms with E-state index in [2.05, 4.69) is 31.1 Å². The van der Waals surface area contributed by atoms with Crippen molar-refractivity contribution in [3.8, 4) is 0 Å². The van der Waals surface area contributed by atoms with E-state index in [1.165, 1.54) is 45.2 Å². The number of likely N-dealkylation sites (N-methyl/N-ethyl adjacent to an activating group) is 1. The van der Waals surface area contributed by atoms with Crippen LogP contribution < -0.4 is 5.32 Å². The van der Waals surface area contributed by atoms with Crippen LogP contribution in [0.3, 0.4) is 0 Å². The Kier molecular flexibility index (Phi) is 4.26. The number of nitrogens with one attached hydrogen (secondary N) is 1. The fraction of sp³-hybridized carbons (Fsp3) is 1.00. The summed E-state index contributed by atoms with van der Waals surface area (Å²) in [5, 5.41) is 3.65. The van der Waals surface area contributed by atoms with Crippen molar-refractivity contribution in [1.29, 1.82) is 0 Å². The van der Waals surface area contributed by atoms with Crippen LogP contribution in [0.2, 0.25) is 0 Å². The highest BCUT2D eigenvalue weighted by Gasteiger charge is 2.34. The standard InChI is InChI=1S/C14H28N2/c1-11(2)12-8-14(9-12)16(3)10-13-6-4-5-7-15-13/h11-15H,4-10H2,1-3H3. The van der Waals surface area contributed by atoms with Crippen LogP contribution in [0, 0.1) is 11.8 Å². The van der Waals surface area contributed by atoms with E-state index in [1.54, 1.807) is 0 Å². The summed E-state index contributed by atoms with van der Waals surface area (Å²) in [5.74, 6) is 1.88. The maximum atomic E-state index is 3.65. The maximum absolute atomic E-state index is 3.65. The van der Waals surface area contributed by atoms with Gasteiger partial charge in [-0.1, -0.05) is 20.3 Å². The molecule has 1 N–H and O–H groups in total. The van der Waals surface area contributed by atoms with Crippen molar-refractivity contribution < 1.29 is 0 Å². The third-order valence-electron chi connectivity index (χ3n) is 4.64. The third kappa shape index (κ3) is 2.98. The minimum Gasteiger partial charge on any atom is -0.313 e. The number of rotatable bonds is 4. The van der Waals surface area contributed by atoms with Crippen LogP contribution in [-0.2, 0) is 0 Å². The molecule has 0 amide bonds. The summed E-state index contributed by atoms with van der Waals surface area (Å²) >= 11 is 0. The predicted octanol–water partition coefficient (Wildman–Crippen LogP) is 2.49. The highest BCUT2D eigenvalue weighted by molar-refractivity contribution is 4.89. The molecule has 2 aliphatic rings. The fourth-order valence-electron chi connectivity index (χ4n) is 3.11. The summed E-state index contributed by atoms with van der Waals surface area (Å²) < 4.78 is 0. The van der Waals surface area contributed by atoms with Crippen LogP contribution in [0.25, 0.3) is 0 Å². The van der Waals surface area contributed by atoms with E-state index in [4.69, 9.17) is 0 Å². The summed E-state index contributed by atoms with van der Waals surface area (Å²) in [6.07, 6.45) is 7.04. The highest BCUT2D eigenvalue weighted by Crippen LogP contribution is 2.36. The van der Waals surface area contributed by atoms with Gasteiger partial charge in [0.1, 0.15) is 0 Å². The zero-order valence-electron chi connectivity index (χ0n) is 11.2. The van der Waals surface area contributed by atoms with E-state index in [0.29, 0.717) is 0 Å². The summed E-state index contributed by atoms with van der Waals surface area (Å²) in [6, 6.07) is 1.63. The molecule has 1 unspecified atom stereocenters. The highest BCUT2D eigenvalue weighted by atomic mass is 15.2. The Morgan fingerprint density at radius 2 is 2.00 bits per heavy atom. The van der Waals surface area contributed by atoms with Crippen molar-refractivity contribution in [2.24, 2.45) is 11.8 Å². The molecule has 16 heavy (non-hydrogen) atoms. The molecule has 2 heteroatoms. The van der Waals surface area contributed by atoms with Gasteiger partial charge in [-0.05, 0) is 51.1 Å². The van der Waals surface area contributed by atoms with Crippen molar-refractivity contribution in [3.05, 3.63) is 0 Å². The minimum absolute atomic E-state index is 0.761. The maximum Gasteiger partial charge on any atom is 0.0195 e.